The topological polar surface area (TPSA) is 67.6 Å². The van der Waals surface area contributed by atoms with Crippen molar-refractivity contribution in [2.24, 2.45) is 0 Å². The van der Waals surface area contributed by atoms with Crippen molar-refractivity contribution < 1.29 is 0 Å². The van der Waals surface area contributed by atoms with Gasteiger partial charge in [-0.1, -0.05) is 11.6 Å². The van der Waals surface area contributed by atoms with Crippen LogP contribution in [-0.4, -0.2) is 9.78 Å². The Morgan fingerprint density at radius 2 is 2.12 bits per heavy atom. The number of aromatic nitrogens is 2. The molecule has 2 rings (SSSR count). The minimum atomic E-state index is 0.514. The SMILES string of the molecule is Cc1nn(-c2cc(Cl)ccc2C#N)c(C)c1N. The van der Waals surface area contributed by atoms with Gasteiger partial charge in [-0.2, -0.15) is 10.4 Å². The van der Waals surface area contributed by atoms with Gasteiger partial charge in [0.05, 0.1) is 28.3 Å². The molecule has 2 aromatic rings. The molecule has 1 heterocycles. The fourth-order valence-electron chi connectivity index (χ4n) is 1.66. The number of nitriles is 1. The van der Waals surface area contributed by atoms with Gasteiger partial charge in [-0.25, -0.2) is 4.68 Å². The Morgan fingerprint density at radius 3 is 2.65 bits per heavy atom. The van der Waals surface area contributed by atoms with Gasteiger partial charge < -0.3 is 5.73 Å². The Hall–Kier alpha value is -1.99. The maximum absolute atomic E-state index is 9.07. The second kappa shape index (κ2) is 4.11. The lowest BCUT2D eigenvalue weighted by Gasteiger charge is -2.07. The summed E-state index contributed by atoms with van der Waals surface area (Å²) in [5.41, 5.74) is 9.22. The van der Waals surface area contributed by atoms with Gasteiger partial charge in [-0.3, -0.25) is 0 Å². The molecular formula is C12H11ClN4. The molecule has 5 heteroatoms. The summed E-state index contributed by atoms with van der Waals surface area (Å²) in [7, 11) is 0. The zero-order valence-corrected chi connectivity index (χ0v) is 10.3. The largest absolute Gasteiger partial charge is 0.396 e. The molecule has 1 aromatic heterocycles. The number of nitrogen functional groups attached to an aromatic ring is 1. The quantitative estimate of drug-likeness (QED) is 0.841. The lowest BCUT2D eigenvalue weighted by atomic mass is 10.2. The monoisotopic (exact) mass is 246 g/mol. The van der Waals surface area contributed by atoms with E-state index >= 15 is 0 Å². The number of hydrogen-bond donors (Lipinski definition) is 1. The molecule has 17 heavy (non-hydrogen) atoms. The van der Waals surface area contributed by atoms with Crippen LogP contribution in [0.15, 0.2) is 18.2 Å². The Bertz CT molecular complexity index is 622. The number of nitrogens with zero attached hydrogens (tertiary/aromatic N) is 3. The Balaban J connectivity index is 2.72. The summed E-state index contributed by atoms with van der Waals surface area (Å²) in [6.07, 6.45) is 0. The average molecular weight is 247 g/mol. The van der Waals surface area contributed by atoms with Crippen LogP contribution in [0.1, 0.15) is 17.0 Å². The highest BCUT2D eigenvalue weighted by molar-refractivity contribution is 6.30. The van der Waals surface area contributed by atoms with E-state index in [1.165, 1.54) is 0 Å². The summed E-state index contributed by atoms with van der Waals surface area (Å²) in [5, 5.41) is 13.9. The van der Waals surface area contributed by atoms with E-state index in [4.69, 9.17) is 22.6 Å². The number of benzene rings is 1. The Morgan fingerprint density at radius 1 is 1.41 bits per heavy atom. The van der Waals surface area contributed by atoms with E-state index in [0.29, 0.717) is 22.0 Å². The molecule has 0 fully saturated rings. The number of rotatable bonds is 1. The highest BCUT2D eigenvalue weighted by Crippen LogP contribution is 2.24. The van der Waals surface area contributed by atoms with Crippen molar-refractivity contribution in [3.8, 4) is 11.8 Å². The molecule has 0 spiro atoms. The Labute approximate surface area is 104 Å². The van der Waals surface area contributed by atoms with E-state index in [1.54, 1.807) is 22.9 Å². The second-order valence-electron chi connectivity index (χ2n) is 3.77. The summed E-state index contributed by atoms with van der Waals surface area (Å²) in [6, 6.07) is 7.17. The molecule has 0 aliphatic carbocycles. The molecule has 0 saturated heterocycles. The number of nitrogens with two attached hydrogens (primary N) is 1. The van der Waals surface area contributed by atoms with Crippen LogP contribution in [0.5, 0.6) is 0 Å². The number of hydrogen-bond acceptors (Lipinski definition) is 3. The smallest absolute Gasteiger partial charge is 0.101 e. The molecule has 86 valence electrons. The van der Waals surface area contributed by atoms with Crippen molar-refractivity contribution in [2.75, 3.05) is 5.73 Å². The molecule has 0 aliphatic rings. The van der Waals surface area contributed by atoms with Gasteiger partial charge in [0.15, 0.2) is 0 Å². The van der Waals surface area contributed by atoms with E-state index in [2.05, 4.69) is 11.2 Å². The average Bonchev–Trinajstić information content (AvgIpc) is 2.57. The summed E-state index contributed by atoms with van der Waals surface area (Å²) in [4.78, 5) is 0. The van der Waals surface area contributed by atoms with E-state index in [9.17, 15) is 0 Å². The van der Waals surface area contributed by atoms with Gasteiger partial charge in [0.1, 0.15) is 6.07 Å². The van der Waals surface area contributed by atoms with Crippen LogP contribution < -0.4 is 5.73 Å². The van der Waals surface area contributed by atoms with Crippen molar-refractivity contribution in [3.05, 3.63) is 40.2 Å². The fourth-order valence-corrected chi connectivity index (χ4v) is 1.83. The van der Waals surface area contributed by atoms with Crippen molar-refractivity contribution in [3.63, 3.8) is 0 Å². The maximum atomic E-state index is 9.07. The number of aryl methyl sites for hydroxylation is 1. The second-order valence-corrected chi connectivity index (χ2v) is 4.21. The lowest BCUT2D eigenvalue weighted by molar-refractivity contribution is 0.831. The van der Waals surface area contributed by atoms with Crippen molar-refractivity contribution >= 4 is 17.3 Å². The van der Waals surface area contributed by atoms with Crippen LogP contribution in [-0.2, 0) is 0 Å². The molecule has 0 atom stereocenters. The van der Waals surface area contributed by atoms with Gasteiger partial charge in [-0.15, -0.1) is 0 Å². The molecule has 0 unspecified atom stereocenters. The molecule has 0 aliphatic heterocycles. The van der Waals surface area contributed by atoms with Gasteiger partial charge in [0, 0.05) is 5.02 Å². The normalized spacial score (nSPS) is 10.2. The van der Waals surface area contributed by atoms with Crippen molar-refractivity contribution in [2.45, 2.75) is 13.8 Å². The Kier molecular flexibility index (Phi) is 2.78. The van der Waals surface area contributed by atoms with E-state index in [-0.39, 0.29) is 0 Å². The minimum Gasteiger partial charge on any atom is -0.396 e. The molecule has 1 aromatic carbocycles. The number of halogens is 1. The van der Waals surface area contributed by atoms with Crippen LogP contribution >= 0.6 is 11.6 Å². The molecule has 0 amide bonds. The zero-order chi connectivity index (χ0) is 12.6. The predicted octanol–water partition coefficient (Wildman–Crippen LogP) is 2.60. The first-order valence-electron chi connectivity index (χ1n) is 5.06. The van der Waals surface area contributed by atoms with Crippen molar-refractivity contribution in [1.82, 2.24) is 9.78 Å². The molecular weight excluding hydrogens is 236 g/mol. The summed E-state index contributed by atoms with van der Waals surface area (Å²) < 4.78 is 1.65. The van der Waals surface area contributed by atoms with Crippen LogP contribution in [0.3, 0.4) is 0 Å². The van der Waals surface area contributed by atoms with Gasteiger partial charge in [0.2, 0.25) is 0 Å². The summed E-state index contributed by atoms with van der Waals surface area (Å²) in [6.45, 7) is 3.69. The van der Waals surface area contributed by atoms with E-state index in [1.807, 2.05) is 13.8 Å². The van der Waals surface area contributed by atoms with E-state index < -0.39 is 0 Å². The third-order valence-electron chi connectivity index (χ3n) is 2.66. The van der Waals surface area contributed by atoms with E-state index in [0.717, 1.165) is 11.4 Å². The zero-order valence-electron chi connectivity index (χ0n) is 9.53. The van der Waals surface area contributed by atoms with Gasteiger partial charge in [0.25, 0.3) is 0 Å². The van der Waals surface area contributed by atoms with Crippen LogP contribution in [0.2, 0.25) is 5.02 Å². The van der Waals surface area contributed by atoms with Crippen LogP contribution in [0.25, 0.3) is 5.69 Å². The molecule has 4 nitrogen and oxygen atoms in total. The summed E-state index contributed by atoms with van der Waals surface area (Å²) >= 11 is 5.94. The fraction of sp³-hybridized carbons (Fsp3) is 0.167. The highest BCUT2D eigenvalue weighted by atomic mass is 35.5. The van der Waals surface area contributed by atoms with Crippen molar-refractivity contribution in [1.29, 1.82) is 5.26 Å². The molecule has 0 saturated carbocycles. The molecule has 0 bridgehead atoms. The predicted molar refractivity (Wildman–Crippen MR) is 67.2 cm³/mol. The van der Waals surface area contributed by atoms with Crippen LogP contribution in [0.4, 0.5) is 5.69 Å². The maximum Gasteiger partial charge on any atom is 0.101 e. The molecule has 0 radical (unpaired) electrons. The number of anilines is 1. The first-order chi connectivity index (χ1) is 8.04. The highest BCUT2D eigenvalue weighted by Gasteiger charge is 2.13. The first kappa shape index (κ1) is 11.5. The minimum absolute atomic E-state index is 0.514. The van der Waals surface area contributed by atoms with Gasteiger partial charge in [-0.05, 0) is 32.0 Å². The van der Waals surface area contributed by atoms with Crippen LogP contribution in [0, 0.1) is 25.2 Å². The third-order valence-corrected chi connectivity index (χ3v) is 2.89. The molecule has 2 N–H and O–H groups in total. The first-order valence-corrected chi connectivity index (χ1v) is 5.44. The third kappa shape index (κ3) is 1.85. The lowest BCUT2D eigenvalue weighted by Crippen LogP contribution is -2.02. The standard InChI is InChI=1S/C12H11ClN4/c1-7-12(15)8(2)17(16-7)11-5-10(13)4-3-9(11)6-14/h3-5H,15H2,1-2H3. The van der Waals surface area contributed by atoms with Gasteiger partial charge >= 0.3 is 0 Å². The summed E-state index contributed by atoms with van der Waals surface area (Å²) in [5.74, 6) is 0.